The molecule has 1 unspecified atom stereocenters. The highest BCUT2D eigenvalue weighted by Crippen LogP contribution is 2.41. The number of benzene rings is 4. The molecule has 0 aliphatic carbocycles. The van der Waals surface area contributed by atoms with Crippen LogP contribution in [0.5, 0.6) is 23.0 Å². The molecular weight excluding hydrogens is 745 g/mol. The zero-order valence-electron chi connectivity index (χ0n) is 32.3. The van der Waals surface area contributed by atoms with Crippen LogP contribution in [0.25, 0.3) is 33.2 Å². The number of nitrogens with zero attached hydrogens (tertiary/aromatic N) is 5. The van der Waals surface area contributed by atoms with Gasteiger partial charge < -0.3 is 55.0 Å². The van der Waals surface area contributed by atoms with Crippen LogP contribution >= 0.6 is 0 Å². The van der Waals surface area contributed by atoms with E-state index in [0.29, 0.717) is 45.8 Å². The van der Waals surface area contributed by atoms with Crippen LogP contribution in [0, 0.1) is 0 Å². The fraction of sp³-hybridized carbons (Fsp3) is 0.238. The fourth-order valence-electron chi connectivity index (χ4n) is 7.64. The number of hydrogen-bond acceptors (Lipinski definition) is 14. The Labute approximate surface area is 332 Å². The van der Waals surface area contributed by atoms with Crippen molar-refractivity contribution in [3.8, 4) is 23.0 Å². The van der Waals surface area contributed by atoms with Gasteiger partial charge in [0.1, 0.15) is 63.8 Å². The third-order valence-corrected chi connectivity index (χ3v) is 10.4. The molecule has 16 heteroatoms. The molecule has 58 heavy (non-hydrogen) atoms. The van der Waals surface area contributed by atoms with E-state index in [1.54, 1.807) is 60.4 Å². The summed E-state index contributed by atoms with van der Waals surface area (Å²) in [6.45, 7) is -0.307. The van der Waals surface area contributed by atoms with Gasteiger partial charge in [0, 0.05) is 56.5 Å². The Bertz CT molecular complexity index is 2580. The first kappa shape index (κ1) is 37.9. The number of H-pyrrole nitrogens is 1. The number of aromatic nitrogens is 4. The van der Waals surface area contributed by atoms with Crippen LogP contribution in [0.2, 0.25) is 0 Å². The second-order valence-corrected chi connectivity index (χ2v) is 13.8. The van der Waals surface area contributed by atoms with Gasteiger partial charge in [0.2, 0.25) is 0 Å². The predicted molar refractivity (Wildman–Crippen MR) is 217 cm³/mol. The number of carbonyl (C=O) groups excluding carboxylic acids is 2. The molecule has 6 aromatic rings. The zero-order chi connectivity index (χ0) is 40.7. The topological polar surface area (TPSA) is 206 Å². The summed E-state index contributed by atoms with van der Waals surface area (Å²) in [5.41, 5.74) is 18.1. The highest BCUT2D eigenvalue weighted by Gasteiger charge is 2.43. The molecule has 2 aliphatic heterocycles. The van der Waals surface area contributed by atoms with Crippen molar-refractivity contribution in [1.82, 2.24) is 19.5 Å². The Morgan fingerprint density at radius 1 is 0.707 bits per heavy atom. The molecule has 0 saturated heterocycles. The number of nitrogens with one attached hydrogen (secondary N) is 1. The first-order chi connectivity index (χ1) is 28.1. The van der Waals surface area contributed by atoms with Crippen LogP contribution < -0.4 is 40.4 Å². The molecule has 0 fully saturated rings. The lowest BCUT2D eigenvalue weighted by Crippen LogP contribution is -2.37. The summed E-state index contributed by atoms with van der Waals surface area (Å²) in [6, 6.07) is 23.6. The molecule has 298 valence electrons. The lowest BCUT2D eigenvalue weighted by Gasteiger charge is -2.28. The van der Waals surface area contributed by atoms with E-state index in [4.69, 9.17) is 40.4 Å². The van der Waals surface area contributed by atoms with E-state index in [1.165, 1.54) is 7.11 Å². The number of aliphatic hydroxyl groups is 1. The summed E-state index contributed by atoms with van der Waals surface area (Å²) < 4.78 is 18.5. The Hall–Kier alpha value is -7.04. The van der Waals surface area contributed by atoms with Gasteiger partial charge in [-0.05, 0) is 30.7 Å². The minimum atomic E-state index is -0.827. The normalized spacial score (nSPS) is 17.1. The van der Waals surface area contributed by atoms with E-state index in [2.05, 4.69) is 9.97 Å². The Kier molecular flexibility index (Phi) is 10.1. The second kappa shape index (κ2) is 15.5. The van der Waals surface area contributed by atoms with E-state index in [1.807, 2.05) is 60.1 Å². The number of Topliss-reactive ketones (excluding diaryl/α,β-unsaturated/α-hetero) is 2. The van der Waals surface area contributed by atoms with Crippen molar-refractivity contribution in [2.75, 3.05) is 44.3 Å². The molecule has 8 rings (SSSR count). The van der Waals surface area contributed by atoms with Crippen molar-refractivity contribution in [2.45, 2.75) is 24.9 Å². The van der Waals surface area contributed by atoms with Crippen molar-refractivity contribution >= 4 is 56.2 Å². The highest BCUT2D eigenvalue weighted by atomic mass is 17.2. The number of anilines is 2. The third-order valence-electron chi connectivity index (χ3n) is 10.4. The number of carbonyl (C=O) groups is 2. The molecule has 2 aliphatic rings. The molecule has 2 aromatic heterocycles. The van der Waals surface area contributed by atoms with Gasteiger partial charge in [-0.1, -0.05) is 24.3 Å². The van der Waals surface area contributed by atoms with Crippen LogP contribution in [0.15, 0.2) is 96.6 Å². The number of fused-ring (bicyclic) bond motifs is 2. The van der Waals surface area contributed by atoms with Crippen LogP contribution in [-0.2, 0) is 21.5 Å². The molecule has 4 heterocycles. The van der Waals surface area contributed by atoms with Crippen LogP contribution in [0.3, 0.4) is 0 Å². The third kappa shape index (κ3) is 6.57. The first-order valence-corrected chi connectivity index (χ1v) is 18.5. The monoisotopic (exact) mass is 786 g/mol. The molecule has 0 spiro atoms. The SMILES string of the molecule is COc1cc(OC)cc(N2C(N)=C(c3nc4ccccc4n3C)C(=O)C2CCOOc2cc(OC)cc(N3C(N)=C(c4nc5ccccc5[nH]4)C(=O)[C@@H]3CCO)c2)c1. The summed E-state index contributed by atoms with van der Waals surface area (Å²) >= 11 is 0. The maximum absolute atomic E-state index is 14.4. The lowest BCUT2D eigenvalue weighted by atomic mass is 10.0. The molecule has 0 amide bonds. The molecule has 16 nitrogen and oxygen atoms in total. The number of aryl methyl sites for hydroxylation is 1. The summed E-state index contributed by atoms with van der Waals surface area (Å²) in [7, 11) is 6.43. The van der Waals surface area contributed by atoms with Crippen molar-refractivity contribution < 1.29 is 38.7 Å². The number of rotatable bonds is 14. The van der Waals surface area contributed by atoms with E-state index < -0.39 is 12.1 Å². The number of methoxy groups -OCH3 is 3. The molecule has 2 atom stereocenters. The fourth-order valence-corrected chi connectivity index (χ4v) is 7.64. The first-order valence-electron chi connectivity index (χ1n) is 18.5. The van der Waals surface area contributed by atoms with Crippen molar-refractivity contribution in [1.29, 1.82) is 0 Å². The van der Waals surface area contributed by atoms with Gasteiger partial charge in [-0.25, -0.2) is 9.97 Å². The van der Waals surface area contributed by atoms with Crippen molar-refractivity contribution in [3.63, 3.8) is 0 Å². The number of ketones is 2. The van der Waals surface area contributed by atoms with Gasteiger partial charge in [0.15, 0.2) is 17.3 Å². The largest absolute Gasteiger partial charge is 0.497 e. The standard InChI is InChI=1S/C42H42N8O8/c1-48-32-12-8-7-11-31(32)47-42(48)36-38(53)34(50(40(36)44)23-17-25(54-2)21-26(18-23)55-3)14-16-57-58-28-20-24(19-27(22-28)56-4)49-33(13-15-51)37(52)35(39(49)43)41-45-29-9-5-6-10-30(29)46-41/h5-12,17-22,33-34,51H,13-16,43-44H2,1-4H3,(H,45,46)/t33-,34?/m0/s1. The molecule has 6 N–H and O–H groups in total. The predicted octanol–water partition coefficient (Wildman–Crippen LogP) is 4.43. The van der Waals surface area contributed by atoms with Gasteiger partial charge in [-0.15, -0.1) is 0 Å². The van der Waals surface area contributed by atoms with Gasteiger partial charge in [0.05, 0.1) is 61.4 Å². The average molecular weight is 787 g/mol. The molecule has 0 bridgehead atoms. The Balaban J connectivity index is 1.07. The molecule has 0 radical (unpaired) electrons. The number of para-hydroxylation sites is 4. The average Bonchev–Trinajstić information content (AvgIpc) is 3.94. The second-order valence-electron chi connectivity index (χ2n) is 13.8. The number of imidazole rings is 2. The van der Waals surface area contributed by atoms with Gasteiger partial charge in [0.25, 0.3) is 0 Å². The van der Waals surface area contributed by atoms with Gasteiger partial charge in [-0.3, -0.25) is 9.59 Å². The minimum Gasteiger partial charge on any atom is -0.497 e. The maximum Gasteiger partial charge on any atom is 0.193 e. The molecule has 4 aromatic carbocycles. The Morgan fingerprint density at radius 2 is 1.26 bits per heavy atom. The number of aromatic amines is 1. The summed E-state index contributed by atoms with van der Waals surface area (Å²) in [4.78, 5) is 55.8. The van der Waals surface area contributed by atoms with Gasteiger partial charge >= 0.3 is 0 Å². The van der Waals surface area contributed by atoms with Crippen LogP contribution in [0.4, 0.5) is 11.4 Å². The molecule has 0 saturated carbocycles. The van der Waals surface area contributed by atoms with Crippen LogP contribution in [-0.4, -0.2) is 82.8 Å². The van der Waals surface area contributed by atoms with Crippen molar-refractivity contribution in [3.05, 3.63) is 108 Å². The zero-order valence-corrected chi connectivity index (χ0v) is 32.3. The van der Waals surface area contributed by atoms with E-state index in [9.17, 15) is 14.7 Å². The minimum absolute atomic E-state index is 0.0444. The maximum atomic E-state index is 14.4. The van der Waals surface area contributed by atoms with E-state index >= 15 is 0 Å². The number of hydrogen-bond donors (Lipinski definition) is 4. The number of nitrogens with two attached hydrogens (primary N) is 2. The number of ether oxygens (including phenoxy) is 3. The quantitative estimate of drug-likeness (QED) is 0.0685. The smallest absolute Gasteiger partial charge is 0.193 e. The summed E-state index contributed by atoms with van der Waals surface area (Å²) in [5.74, 6) is 2.24. The van der Waals surface area contributed by atoms with Crippen molar-refractivity contribution in [2.24, 2.45) is 18.5 Å². The Morgan fingerprint density at radius 3 is 1.88 bits per heavy atom. The number of aliphatic hydroxyl groups excluding tert-OH is 1. The van der Waals surface area contributed by atoms with Gasteiger partial charge in [-0.2, -0.15) is 4.89 Å². The molecular formula is C42H42N8O8. The van der Waals surface area contributed by atoms with Crippen LogP contribution in [0.1, 0.15) is 24.5 Å². The lowest BCUT2D eigenvalue weighted by molar-refractivity contribution is -0.207. The highest BCUT2D eigenvalue weighted by molar-refractivity contribution is 6.28. The summed E-state index contributed by atoms with van der Waals surface area (Å²) in [6.07, 6.45) is 0.255. The van der Waals surface area contributed by atoms with E-state index in [-0.39, 0.29) is 66.2 Å². The summed E-state index contributed by atoms with van der Waals surface area (Å²) in [5, 5.41) is 9.98. The van der Waals surface area contributed by atoms with E-state index in [0.717, 1.165) is 16.6 Å².